The lowest BCUT2D eigenvalue weighted by Gasteiger charge is -2.15. The highest BCUT2D eigenvalue weighted by Gasteiger charge is 2.10. The number of hydrogen-bond acceptors (Lipinski definition) is 3. The molecule has 0 rings (SSSR count). The summed E-state index contributed by atoms with van der Waals surface area (Å²) in [5.41, 5.74) is 0. The highest BCUT2D eigenvalue weighted by atomic mass is 32.2. The van der Waals surface area contributed by atoms with Crippen molar-refractivity contribution in [2.24, 2.45) is 0 Å². The Kier molecular flexibility index (Phi) is 6.01. The smallest absolute Gasteiger partial charge is 0.0628 e. The van der Waals surface area contributed by atoms with Gasteiger partial charge >= 0.3 is 0 Å². The first-order valence-corrected chi connectivity index (χ1v) is 5.10. The first-order valence-electron chi connectivity index (χ1n) is 4.05. The lowest BCUT2D eigenvalue weighted by molar-refractivity contribution is 0.189. The van der Waals surface area contributed by atoms with Crippen LogP contribution in [0.25, 0.3) is 0 Å². The number of hydrogen-bond donors (Lipinski definition) is 2. The molecule has 0 saturated carbocycles. The predicted octanol–water partition coefficient (Wildman–Crippen LogP) is 1.26. The van der Waals surface area contributed by atoms with Gasteiger partial charge in [0.1, 0.15) is 0 Å². The van der Waals surface area contributed by atoms with E-state index >= 15 is 0 Å². The molecule has 11 heavy (non-hydrogen) atoms. The molecule has 3 unspecified atom stereocenters. The lowest BCUT2D eigenvalue weighted by Crippen LogP contribution is -2.19. The summed E-state index contributed by atoms with van der Waals surface area (Å²) in [7, 11) is 0. The summed E-state index contributed by atoms with van der Waals surface area (Å²) in [5, 5.41) is 18.5. The van der Waals surface area contributed by atoms with Crippen molar-refractivity contribution in [1.82, 2.24) is 0 Å². The molecule has 0 aromatic carbocycles. The van der Waals surface area contributed by atoms with E-state index < -0.39 is 0 Å². The van der Waals surface area contributed by atoms with E-state index in [0.29, 0.717) is 0 Å². The van der Waals surface area contributed by atoms with Gasteiger partial charge in [-0.2, -0.15) is 11.8 Å². The van der Waals surface area contributed by atoms with Crippen molar-refractivity contribution in [2.45, 2.75) is 44.6 Å². The summed E-state index contributed by atoms with van der Waals surface area (Å²) in [6.45, 7) is 5.70. The Labute approximate surface area is 73.0 Å². The molecule has 3 heteroatoms. The summed E-state index contributed by atoms with van der Waals surface area (Å²) >= 11 is 1.62. The molecule has 0 aromatic heterocycles. The quantitative estimate of drug-likeness (QED) is 0.666. The molecular weight excluding hydrogens is 160 g/mol. The molecule has 0 aliphatic rings. The van der Waals surface area contributed by atoms with Crippen LogP contribution in [-0.2, 0) is 0 Å². The van der Waals surface area contributed by atoms with Crippen molar-refractivity contribution >= 4 is 11.8 Å². The molecular formula is C8H18O2S. The second-order valence-electron chi connectivity index (χ2n) is 2.84. The van der Waals surface area contributed by atoms with E-state index in [4.69, 9.17) is 5.11 Å². The first kappa shape index (κ1) is 11.3. The monoisotopic (exact) mass is 178 g/mol. The predicted molar refractivity (Wildman–Crippen MR) is 49.9 cm³/mol. The average Bonchev–Trinajstić information content (AvgIpc) is 1.99. The maximum Gasteiger partial charge on any atom is 0.0628 e. The summed E-state index contributed by atoms with van der Waals surface area (Å²) in [6, 6.07) is 0. The van der Waals surface area contributed by atoms with Gasteiger partial charge in [0.15, 0.2) is 0 Å². The second kappa shape index (κ2) is 5.86. The second-order valence-corrected chi connectivity index (χ2v) is 4.25. The molecule has 0 aliphatic heterocycles. The Balaban J connectivity index is 3.37. The zero-order chi connectivity index (χ0) is 8.85. The van der Waals surface area contributed by atoms with E-state index in [1.165, 1.54) is 0 Å². The molecule has 0 radical (unpaired) electrons. The Bertz CT molecular complexity index is 96.1. The third kappa shape index (κ3) is 5.53. The number of thioether (sulfide) groups is 1. The van der Waals surface area contributed by atoms with Gasteiger partial charge in [-0.3, -0.25) is 0 Å². The summed E-state index contributed by atoms with van der Waals surface area (Å²) in [6.07, 6.45) is 0.282. The summed E-state index contributed by atoms with van der Waals surface area (Å²) in [5.74, 6) is 0.725. The van der Waals surface area contributed by atoms with Crippen LogP contribution in [-0.4, -0.2) is 33.4 Å². The fraction of sp³-hybridized carbons (Fsp3) is 1.00. The third-order valence-corrected chi connectivity index (χ3v) is 3.20. The van der Waals surface area contributed by atoms with Gasteiger partial charge in [-0.1, -0.05) is 13.8 Å². The van der Waals surface area contributed by atoms with Crippen molar-refractivity contribution in [3.05, 3.63) is 0 Å². The highest BCUT2D eigenvalue weighted by molar-refractivity contribution is 7.99. The summed E-state index contributed by atoms with van der Waals surface area (Å²) in [4.78, 5) is 0. The van der Waals surface area contributed by atoms with E-state index in [-0.39, 0.29) is 17.5 Å². The van der Waals surface area contributed by atoms with Crippen molar-refractivity contribution in [2.75, 3.05) is 5.75 Å². The first-order chi connectivity index (χ1) is 5.07. The zero-order valence-corrected chi connectivity index (χ0v) is 8.27. The largest absolute Gasteiger partial charge is 0.392 e. The molecule has 0 bridgehead atoms. The maximum absolute atomic E-state index is 9.19. The fourth-order valence-corrected chi connectivity index (χ4v) is 1.56. The number of aliphatic hydroxyl groups excluding tert-OH is 2. The average molecular weight is 178 g/mol. The van der Waals surface area contributed by atoms with Gasteiger partial charge in [0, 0.05) is 11.0 Å². The molecule has 2 N–H and O–H groups in total. The third-order valence-electron chi connectivity index (χ3n) is 1.70. The van der Waals surface area contributed by atoms with Crippen molar-refractivity contribution in [1.29, 1.82) is 0 Å². The molecule has 0 heterocycles. The topological polar surface area (TPSA) is 40.5 Å². The minimum atomic E-state index is -0.288. The van der Waals surface area contributed by atoms with Crippen LogP contribution in [0.1, 0.15) is 27.2 Å². The highest BCUT2D eigenvalue weighted by Crippen LogP contribution is 2.15. The SMILES string of the molecule is CCC(O)CSC(C)C(C)O. The van der Waals surface area contributed by atoms with E-state index in [0.717, 1.165) is 12.2 Å². The van der Waals surface area contributed by atoms with Gasteiger partial charge in [-0.25, -0.2) is 0 Å². The van der Waals surface area contributed by atoms with Crippen LogP contribution < -0.4 is 0 Å². The van der Waals surface area contributed by atoms with Crippen LogP contribution in [0.5, 0.6) is 0 Å². The maximum atomic E-state index is 9.19. The molecule has 0 aliphatic carbocycles. The molecule has 0 spiro atoms. The zero-order valence-electron chi connectivity index (χ0n) is 7.45. The Morgan fingerprint density at radius 1 is 1.27 bits per heavy atom. The Morgan fingerprint density at radius 3 is 2.18 bits per heavy atom. The van der Waals surface area contributed by atoms with Crippen molar-refractivity contribution in [3.63, 3.8) is 0 Å². The van der Waals surface area contributed by atoms with Gasteiger partial charge in [0.2, 0.25) is 0 Å². The van der Waals surface area contributed by atoms with Gasteiger partial charge in [0.05, 0.1) is 12.2 Å². The number of rotatable bonds is 5. The van der Waals surface area contributed by atoms with Crippen LogP contribution >= 0.6 is 11.8 Å². The molecule has 3 atom stereocenters. The molecule has 2 nitrogen and oxygen atoms in total. The van der Waals surface area contributed by atoms with Crippen LogP contribution in [0.2, 0.25) is 0 Å². The normalized spacial score (nSPS) is 19.4. The van der Waals surface area contributed by atoms with Gasteiger partial charge < -0.3 is 10.2 Å². The Hall–Kier alpha value is 0.270. The van der Waals surface area contributed by atoms with E-state index in [2.05, 4.69) is 0 Å². The van der Waals surface area contributed by atoms with Gasteiger partial charge in [0.25, 0.3) is 0 Å². The van der Waals surface area contributed by atoms with Crippen LogP contribution in [0.15, 0.2) is 0 Å². The van der Waals surface area contributed by atoms with Gasteiger partial charge in [-0.15, -0.1) is 0 Å². The fourth-order valence-electron chi connectivity index (χ4n) is 0.520. The van der Waals surface area contributed by atoms with Gasteiger partial charge in [-0.05, 0) is 13.3 Å². The van der Waals surface area contributed by atoms with E-state index in [1.54, 1.807) is 18.7 Å². The molecule has 68 valence electrons. The summed E-state index contributed by atoms with van der Waals surface area (Å²) < 4.78 is 0. The lowest BCUT2D eigenvalue weighted by atomic mass is 10.3. The number of aliphatic hydroxyl groups is 2. The minimum Gasteiger partial charge on any atom is -0.392 e. The van der Waals surface area contributed by atoms with Crippen LogP contribution in [0, 0.1) is 0 Å². The van der Waals surface area contributed by atoms with Crippen LogP contribution in [0.4, 0.5) is 0 Å². The van der Waals surface area contributed by atoms with Crippen LogP contribution in [0.3, 0.4) is 0 Å². The molecule has 0 amide bonds. The standard InChI is InChI=1S/C8H18O2S/c1-4-8(10)5-11-7(3)6(2)9/h6-10H,4-5H2,1-3H3. The molecule has 0 fully saturated rings. The van der Waals surface area contributed by atoms with E-state index in [1.807, 2.05) is 13.8 Å². The van der Waals surface area contributed by atoms with Crippen molar-refractivity contribution < 1.29 is 10.2 Å². The molecule has 0 saturated heterocycles. The molecule has 0 aromatic rings. The minimum absolute atomic E-state index is 0.219. The van der Waals surface area contributed by atoms with E-state index in [9.17, 15) is 5.11 Å². The Morgan fingerprint density at radius 2 is 1.82 bits per heavy atom. The van der Waals surface area contributed by atoms with Crippen molar-refractivity contribution in [3.8, 4) is 0 Å².